The monoisotopic (exact) mass is 258 g/mol. The molecule has 0 N–H and O–H groups in total. The van der Waals surface area contributed by atoms with E-state index in [1.54, 1.807) is 16.9 Å². The van der Waals surface area contributed by atoms with Gasteiger partial charge in [-0.05, 0) is 26.0 Å². The smallest absolute Gasteiger partial charge is 0.270 e. The summed E-state index contributed by atoms with van der Waals surface area (Å²) in [7, 11) is 0. The minimum absolute atomic E-state index is 0.224. The Balaban J connectivity index is 2.11. The van der Waals surface area contributed by atoms with Crippen LogP contribution in [-0.2, 0) is 12.7 Å². The van der Waals surface area contributed by atoms with E-state index < -0.39 is 11.9 Å². The molecule has 0 saturated heterocycles. The highest BCUT2D eigenvalue weighted by atomic mass is 19.4. The largest absolute Gasteiger partial charge is 0.435 e. The van der Waals surface area contributed by atoms with Gasteiger partial charge in [0.1, 0.15) is 0 Å². The fourth-order valence-corrected chi connectivity index (χ4v) is 1.52. The van der Waals surface area contributed by atoms with Crippen LogP contribution in [0, 0.1) is 0 Å². The van der Waals surface area contributed by atoms with Gasteiger partial charge in [-0.25, -0.2) is 0 Å². The van der Waals surface area contributed by atoms with Crippen LogP contribution in [0.4, 0.5) is 13.2 Å². The van der Waals surface area contributed by atoms with E-state index in [9.17, 15) is 13.2 Å². The Labute approximate surface area is 102 Å². The highest BCUT2D eigenvalue weighted by Gasteiger charge is 2.33. The van der Waals surface area contributed by atoms with Crippen molar-refractivity contribution in [2.24, 2.45) is 0 Å². The van der Waals surface area contributed by atoms with Gasteiger partial charge in [0.2, 0.25) is 0 Å². The molecule has 2 aromatic rings. The molecule has 0 saturated carbocycles. The zero-order chi connectivity index (χ0) is 13.3. The van der Waals surface area contributed by atoms with Crippen molar-refractivity contribution in [3.63, 3.8) is 0 Å². The van der Waals surface area contributed by atoms with Gasteiger partial charge in [0, 0.05) is 18.4 Å². The van der Waals surface area contributed by atoms with Crippen LogP contribution in [0.3, 0.4) is 0 Å². The maximum atomic E-state index is 12.4. The first-order chi connectivity index (χ1) is 8.36. The lowest BCUT2D eigenvalue weighted by atomic mass is 10.4. The molecule has 0 radical (unpaired) electrons. The number of halogens is 3. The van der Waals surface area contributed by atoms with Crippen LogP contribution in [0.1, 0.15) is 31.3 Å². The quantitative estimate of drug-likeness (QED) is 0.848. The lowest BCUT2D eigenvalue weighted by Crippen LogP contribution is -2.09. The molecule has 2 aromatic heterocycles. The molecule has 0 aliphatic heterocycles. The summed E-state index contributed by atoms with van der Waals surface area (Å²) >= 11 is 0. The van der Waals surface area contributed by atoms with E-state index in [0.29, 0.717) is 5.69 Å². The summed E-state index contributed by atoms with van der Waals surface area (Å²) in [5, 5.41) is 7.72. The SMILES string of the molecule is CC(C)n1ccc(Cn2ccc(C(F)(F)F)n2)n1. The predicted molar refractivity (Wildman–Crippen MR) is 58.9 cm³/mol. The molecular weight excluding hydrogens is 245 g/mol. The van der Waals surface area contributed by atoms with Crippen molar-refractivity contribution in [1.29, 1.82) is 0 Å². The second kappa shape index (κ2) is 4.47. The zero-order valence-corrected chi connectivity index (χ0v) is 10.0. The van der Waals surface area contributed by atoms with Gasteiger partial charge < -0.3 is 0 Å². The fraction of sp³-hybridized carbons (Fsp3) is 0.455. The summed E-state index contributed by atoms with van der Waals surface area (Å²) in [5.41, 5.74) is -0.202. The Kier molecular flexibility index (Phi) is 3.14. The molecule has 0 unspecified atom stereocenters. The van der Waals surface area contributed by atoms with Crippen LogP contribution in [0.2, 0.25) is 0 Å². The van der Waals surface area contributed by atoms with Gasteiger partial charge >= 0.3 is 6.18 Å². The normalized spacial score (nSPS) is 12.3. The molecule has 98 valence electrons. The standard InChI is InChI=1S/C11H13F3N4/c1-8(2)18-6-3-9(15-18)7-17-5-4-10(16-17)11(12,13)14/h3-6,8H,7H2,1-2H3. The van der Waals surface area contributed by atoms with Crippen LogP contribution < -0.4 is 0 Å². The van der Waals surface area contributed by atoms with E-state index >= 15 is 0 Å². The molecule has 0 atom stereocenters. The minimum Gasteiger partial charge on any atom is -0.270 e. The third-order valence-corrected chi connectivity index (χ3v) is 2.45. The van der Waals surface area contributed by atoms with Gasteiger partial charge in [0.05, 0.1) is 12.2 Å². The van der Waals surface area contributed by atoms with E-state index in [2.05, 4.69) is 10.2 Å². The van der Waals surface area contributed by atoms with Crippen molar-refractivity contribution < 1.29 is 13.2 Å². The Hall–Kier alpha value is -1.79. The number of nitrogens with zero attached hydrogens (tertiary/aromatic N) is 4. The van der Waals surface area contributed by atoms with Gasteiger partial charge in [-0.15, -0.1) is 0 Å². The molecule has 2 rings (SSSR count). The Bertz CT molecular complexity index is 524. The van der Waals surface area contributed by atoms with E-state index in [-0.39, 0.29) is 12.6 Å². The molecule has 0 amide bonds. The maximum Gasteiger partial charge on any atom is 0.435 e. The highest BCUT2D eigenvalue weighted by Crippen LogP contribution is 2.27. The summed E-state index contributed by atoms with van der Waals surface area (Å²) in [6.07, 6.45) is -1.30. The Morgan fingerprint density at radius 3 is 2.39 bits per heavy atom. The Morgan fingerprint density at radius 2 is 1.89 bits per heavy atom. The number of hydrogen-bond donors (Lipinski definition) is 0. The van der Waals surface area contributed by atoms with Gasteiger partial charge in [-0.3, -0.25) is 9.36 Å². The van der Waals surface area contributed by atoms with Crippen molar-refractivity contribution in [2.45, 2.75) is 32.6 Å². The third kappa shape index (κ3) is 2.72. The van der Waals surface area contributed by atoms with E-state index in [1.165, 1.54) is 10.9 Å². The number of hydrogen-bond acceptors (Lipinski definition) is 2. The van der Waals surface area contributed by atoms with Crippen LogP contribution >= 0.6 is 0 Å². The number of alkyl halides is 3. The Morgan fingerprint density at radius 1 is 1.17 bits per heavy atom. The van der Waals surface area contributed by atoms with Crippen LogP contribution in [0.5, 0.6) is 0 Å². The van der Waals surface area contributed by atoms with E-state index in [4.69, 9.17) is 0 Å². The van der Waals surface area contributed by atoms with Gasteiger partial charge in [0.15, 0.2) is 5.69 Å². The second-order valence-electron chi connectivity index (χ2n) is 4.28. The molecule has 0 spiro atoms. The molecule has 0 fully saturated rings. The molecule has 0 bridgehead atoms. The van der Waals surface area contributed by atoms with Crippen LogP contribution in [0.25, 0.3) is 0 Å². The fourth-order valence-electron chi connectivity index (χ4n) is 1.52. The predicted octanol–water partition coefficient (Wildman–Crippen LogP) is 2.73. The first-order valence-electron chi connectivity index (χ1n) is 5.51. The van der Waals surface area contributed by atoms with Crippen LogP contribution in [0.15, 0.2) is 24.5 Å². The summed E-state index contributed by atoms with van der Waals surface area (Å²) in [4.78, 5) is 0. The van der Waals surface area contributed by atoms with Crippen molar-refractivity contribution in [3.8, 4) is 0 Å². The zero-order valence-electron chi connectivity index (χ0n) is 10.0. The topological polar surface area (TPSA) is 35.6 Å². The van der Waals surface area contributed by atoms with Gasteiger partial charge in [-0.1, -0.05) is 0 Å². The molecule has 0 aromatic carbocycles. The third-order valence-electron chi connectivity index (χ3n) is 2.45. The van der Waals surface area contributed by atoms with Gasteiger partial charge in [0.25, 0.3) is 0 Å². The molecule has 7 heteroatoms. The number of rotatable bonds is 3. The lowest BCUT2D eigenvalue weighted by molar-refractivity contribution is -0.141. The molecular formula is C11H13F3N4. The summed E-state index contributed by atoms with van der Waals surface area (Å²) in [6, 6.07) is 2.95. The second-order valence-corrected chi connectivity index (χ2v) is 4.28. The summed E-state index contributed by atoms with van der Waals surface area (Å²) in [5.74, 6) is 0. The van der Waals surface area contributed by atoms with E-state index in [0.717, 1.165) is 6.07 Å². The molecule has 2 heterocycles. The van der Waals surface area contributed by atoms with Gasteiger partial charge in [-0.2, -0.15) is 23.4 Å². The maximum absolute atomic E-state index is 12.4. The van der Waals surface area contributed by atoms with Crippen molar-refractivity contribution >= 4 is 0 Å². The molecule has 4 nitrogen and oxygen atoms in total. The van der Waals surface area contributed by atoms with Crippen molar-refractivity contribution in [2.75, 3.05) is 0 Å². The minimum atomic E-state index is -4.40. The van der Waals surface area contributed by atoms with Crippen molar-refractivity contribution in [3.05, 3.63) is 35.9 Å². The summed E-state index contributed by atoms with van der Waals surface area (Å²) in [6.45, 7) is 4.19. The molecule has 18 heavy (non-hydrogen) atoms. The van der Waals surface area contributed by atoms with E-state index in [1.807, 2.05) is 13.8 Å². The average Bonchev–Trinajstić information content (AvgIpc) is 2.85. The van der Waals surface area contributed by atoms with Crippen LogP contribution in [-0.4, -0.2) is 19.6 Å². The number of aromatic nitrogens is 4. The highest BCUT2D eigenvalue weighted by molar-refractivity contribution is 5.06. The molecule has 0 aliphatic rings. The molecule has 0 aliphatic carbocycles. The first kappa shape index (κ1) is 12.7. The van der Waals surface area contributed by atoms with Crippen molar-refractivity contribution in [1.82, 2.24) is 19.6 Å². The summed E-state index contributed by atoms with van der Waals surface area (Å²) < 4.78 is 40.0. The lowest BCUT2D eigenvalue weighted by Gasteiger charge is -2.04. The average molecular weight is 258 g/mol. The first-order valence-corrected chi connectivity index (χ1v) is 5.51.